The number of hydrogen-bond acceptors (Lipinski definition) is 3. The van der Waals surface area contributed by atoms with Crippen molar-refractivity contribution < 1.29 is 14.7 Å². The lowest BCUT2D eigenvalue weighted by Gasteiger charge is -2.19. The number of carboxylic acids is 1. The van der Waals surface area contributed by atoms with E-state index in [4.69, 9.17) is 5.11 Å². The Labute approximate surface area is 95.0 Å². The van der Waals surface area contributed by atoms with Gasteiger partial charge in [-0.25, -0.2) is 4.79 Å². The van der Waals surface area contributed by atoms with Crippen LogP contribution in [-0.4, -0.2) is 54.2 Å². The van der Waals surface area contributed by atoms with Gasteiger partial charge in [-0.15, -0.1) is 0 Å². The Bertz CT molecular complexity index is 254. The number of nitrogens with zero attached hydrogens (tertiary/aromatic N) is 1. The molecule has 2 amide bonds. The number of aliphatic carboxylic acids is 1. The van der Waals surface area contributed by atoms with E-state index in [0.29, 0.717) is 12.6 Å². The van der Waals surface area contributed by atoms with Gasteiger partial charge in [-0.05, 0) is 19.4 Å². The standard InChI is InChI=1S/C10H19N3O3/c1-2-13(8-3-4-8)6-5-11-10(16)12-7-9(14)15/h8H,2-7H2,1H3,(H,14,15)(H2,11,12,16). The average molecular weight is 229 g/mol. The minimum atomic E-state index is -1.04. The molecule has 1 saturated carbocycles. The summed E-state index contributed by atoms with van der Waals surface area (Å²) in [4.78, 5) is 23.6. The summed E-state index contributed by atoms with van der Waals surface area (Å²) in [5.74, 6) is -1.04. The van der Waals surface area contributed by atoms with Crippen molar-refractivity contribution in [3.63, 3.8) is 0 Å². The van der Waals surface area contributed by atoms with E-state index >= 15 is 0 Å². The van der Waals surface area contributed by atoms with Crippen molar-refractivity contribution in [2.75, 3.05) is 26.2 Å². The fourth-order valence-electron chi connectivity index (χ4n) is 1.57. The van der Waals surface area contributed by atoms with Gasteiger partial charge >= 0.3 is 12.0 Å². The second-order valence-electron chi connectivity index (χ2n) is 3.86. The van der Waals surface area contributed by atoms with E-state index in [0.717, 1.165) is 13.1 Å². The maximum Gasteiger partial charge on any atom is 0.323 e. The molecule has 1 aliphatic carbocycles. The summed E-state index contributed by atoms with van der Waals surface area (Å²) in [6.07, 6.45) is 2.50. The fraction of sp³-hybridized carbons (Fsp3) is 0.800. The first-order chi connectivity index (χ1) is 7.63. The lowest BCUT2D eigenvalue weighted by molar-refractivity contribution is -0.135. The van der Waals surface area contributed by atoms with E-state index in [9.17, 15) is 9.59 Å². The molecule has 3 N–H and O–H groups in total. The van der Waals surface area contributed by atoms with Gasteiger partial charge in [-0.2, -0.15) is 0 Å². The summed E-state index contributed by atoms with van der Waals surface area (Å²) in [6, 6.07) is 0.267. The van der Waals surface area contributed by atoms with Crippen molar-refractivity contribution in [2.45, 2.75) is 25.8 Å². The van der Waals surface area contributed by atoms with E-state index in [-0.39, 0.29) is 6.54 Å². The molecule has 1 aliphatic rings. The highest BCUT2D eigenvalue weighted by molar-refractivity contribution is 5.79. The summed E-state index contributed by atoms with van der Waals surface area (Å²) in [7, 11) is 0. The number of nitrogens with one attached hydrogen (secondary N) is 2. The molecule has 0 aliphatic heterocycles. The second kappa shape index (κ2) is 6.32. The molecule has 1 fully saturated rings. The van der Waals surface area contributed by atoms with Gasteiger partial charge in [0.05, 0.1) is 0 Å². The molecule has 0 saturated heterocycles. The fourth-order valence-corrected chi connectivity index (χ4v) is 1.57. The number of urea groups is 1. The van der Waals surface area contributed by atoms with Gasteiger partial charge in [0.1, 0.15) is 6.54 Å². The van der Waals surface area contributed by atoms with Crippen LogP contribution in [-0.2, 0) is 4.79 Å². The summed E-state index contributed by atoms with van der Waals surface area (Å²) in [5, 5.41) is 13.2. The molecule has 0 atom stereocenters. The lowest BCUT2D eigenvalue weighted by atomic mass is 10.4. The van der Waals surface area contributed by atoms with Crippen molar-refractivity contribution in [1.82, 2.24) is 15.5 Å². The minimum Gasteiger partial charge on any atom is -0.480 e. The number of likely N-dealkylation sites (N-methyl/N-ethyl adjacent to an activating group) is 1. The number of carbonyl (C=O) groups excluding carboxylic acids is 1. The molecule has 1 rings (SSSR count). The van der Waals surface area contributed by atoms with Crippen molar-refractivity contribution in [3.05, 3.63) is 0 Å². The second-order valence-corrected chi connectivity index (χ2v) is 3.86. The van der Waals surface area contributed by atoms with Gasteiger partial charge in [0.2, 0.25) is 0 Å². The highest BCUT2D eigenvalue weighted by Gasteiger charge is 2.27. The molecule has 92 valence electrons. The third kappa shape index (κ3) is 4.97. The summed E-state index contributed by atoms with van der Waals surface area (Å²) in [5.41, 5.74) is 0. The summed E-state index contributed by atoms with van der Waals surface area (Å²) >= 11 is 0. The molecule has 0 bridgehead atoms. The molecule has 0 heterocycles. The molecule has 0 radical (unpaired) electrons. The average Bonchev–Trinajstić information content (AvgIpc) is 3.05. The zero-order valence-corrected chi connectivity index (χ0v) is 9.53. The van der Waals surface area contributed by atoms with E-state index in [1.807, 2.05) is 0 Å². The maximum atomic E-state index is 11.1. The number of hydrogen-bond donors (Lipinski definition) is 3. The van der Waals surface area contributed by atoms with Crippen molar-refractivity contribution in [2.24, 2.45) is 0 Å². The third-order valence-electron chi connectivity index (χ3n) is 2.55. The van der Waals surface area contributed by atoms with Crippen LogP contribution in [0.5, 0.6) is 0 Å². The number of carboxylic acid groups (broad SMARTS) is 1. The van der Waals surface area contributed by atoms with Crippen LogP contribution in [0.25, 0.3) is 0 Å². The van der Waals surface area contributed by atoms with Crippen LogP contribution < -0.4 is 10.6 Å². The van der Waals surface area contributed by atoms with Crippen LogP contribution in [0, 0.1) is 0 Å². The van der Waals surface area contributed by atoms with Crippen LogP contribution in [0.3, 0.4) is 0 Å². The Morgan fingerprint density at radius 2 is 2.06 bits per heavy atom. The van der Waals surface area contributed by atoms with Crippen LogP contribution >= 0.6 is 0 Å². The Balaban J connectivity index is 2.04. The van der Waals surface area contributed by atoms with Crippen LogP contribution in [0.2, 0.25) is 0 Å². The Hall–Kier alpha value is -1.30. The molecule has 0 aromatic carbocycles. The van der Waals surface area contributed by atoms with Gasteiger partial charge in [0.15, 0.2) is 0 Å². The molecule has 0 aromatic heterocycles. The van der Waals surface area contributed by atoms with Crippen LogP contribution in [0.1, 0.15) is 19.8 Å². The predicted molar refractivity (Wildman–Crippen MR) is 59.3 cm³/mol. The molecule has 0 unspecified atom stereocenters. The van der Waals surface area contributed by atoms with Crippen LogP contribution in [0.15, 0.2) is 0 Å². The highest BCUT2D eigenvalue weighted by Crippen LogP contribution is 2.25. The first kappa shape index (κ1) is 12.8. The van der Waals surface area contributed by atoms with Crippen molar-refractivity contribution >= 4 is 12.0 Å². The normalized spacial score (nSPS) is 14.9. The number of amides is 2. The van der Waals surface area contributed by atoms with Crippen molar-refractivity contribution in [3.8, 4) is 0 Å². The van der Waals surface area contributed by atoms with E-state index in [1.54, 1.807) is 0 Å². The van der Waals surface area contributed by atoms with Gasteiger partial charge in [0.25, 0.3) is 0 Å². The van der Waals surface area contributed by atoms with Gasteiger partial charge < -0.3 is 15.7 Å². The van der Waals surface area contributed by atoms with Crippen LogP contribution in [0.4, 0.5) is 4.79 Å². The first-order valence-corrected chi connectivity index (χ1v) is 5.61. The maximum absolute atomic E-state index is 11.1. The number of rotatable bonds is 7. The summed E-state index contributed by atoms with van der Waals surface area (Å²) < 4.78 is 0. The number of carbonyl (C=O) groups is 2. The zero-order valence-electron chi connectivity index (χ0n) is 9.53. The quantitative estimate of drug-likeness (QED) is 0.567. The molecule has 0 aromatic rings. The Morgan fingerprint density at radius 3 is 2.56 bits per heavy atom. The van der Waals surface area contributed by atoms with Crippen molar-refractivity contribution in [1.29, 1.82) is 0 Å². The Morgan fingerprint density at radius 1 is 1.38 bits per heavy atom. The predicted octanol–water partition coefficient (Wildman–Crippen LogP) is -0.145. The largest absolute Gasteiger partial charge is 0.480 e. The first-order valence-electron chi connectivity index (χ1n) is 5.61. The molecular formula is C10H19N3O3. The topological polar surface area (TPSA) is 81.7 Å². The third-order valence-corrected chi connectivity index (χ3v) is 2.55. The van der Waals surface area contributed by atoms with Gasteiger partial charge in [0, 0.05) is 19.1 Å². The van der Waals surface area contributed by atoms with Gasteiger partial charge in [-0.1, -0.05) is 6.92 Å². The Kier molecular flexibility index (Phi) is 5.04. The molecule has 0 spiro atoms. The monoisotopic (exact) mass is 229 g/mol. The molecule has 6 nitrogen and oxygen atoms in total. The van der Waals surface area contributed by atoms with E-state index < -0.39 is 12.0 Å². The summed E-state index contributed by atoms with van der Waals surface area (Å²) in [6.45, 7) is 4.12. The lowest BCUT2D eigenvalue weighted by Crippen LogP contribution is -2.42. The smallest absolute Gasteiger partial charge is 0.323 e. The molecule has 6 heteroatoms. The molecule has 16 heavy (non-hydrogen) atoms. The SMILES string of the molecule is CCN(CCNC(=O)NCC(=O)O)C1CC1. The van der Waals surface area contributed by atoms with Gasteiger partial charge in [-0.3, -0.25) is 9.69 Å². The van der Waals surface area contributed by atoms with E-state index in [1.165, 1.54) is 12.8 Å². The molecular weight excluding hydrogens is 210 g/mol. The minimum absolute atomic E-state index is 0.341. The van der Waals surface area contributed by atoms with E-state index in [2.05, 4.69) is 22.5 Å². The highest BCUT2D eigenvalue weighted by atomic mass is 16.4. The zero-order chi connectivity index (χ0) is 12.0.